The molecule has 1 fully saturated rings. The molecular weight excluding hydrogens is 370 g/mol. The van der Waals surface area contributed by atoms with Gasteiger partial charge in [-0.15, -0.1) is 0 Å². The Labute approximate surface area is 169 Å². The highest BCUT2D eigenvalue weighted by Crippen LogP contribution is 2.39. The van der Waals surface area contributed by atoms with Crippen molar-refractivity contribution in [2.24, 2.45) is 13.0 Å². The number of hydrogen-bond donors (Lipinski definition) is 1. The molecule has 29 heavy (non-hydrogen) atoms. The quantitative estimate of drug-likeness (QED) is 0.580. The lowest BCUT2D eigenvalue weighted by molar-refractivity contribution is -0.0419. The van der Waals surface area contributed by atoms with Gasteiger partial charge in [0.25, 0.3) is 0 Å². The van der Waals surface area contributed by atoms with Gasteiger partial charge in [-0.05, 0) is 48.3 Å². The maximum absolute atomic E-state index is 13.4. The van der Waals surface area contributed by atoms with E-state index in [9.17, 15) is 8.78 Å². The molecule has 0 spiro atoms. The fourth-order valence-corrected chi connectivity index (χ4v) is 4.16. The summed E-state index contributed by atoms with van der Waals surface area (Å²) in [5, 5.41) is 9.75. The van der Waals surface area contributed by atoms with Crippen molar-refractivity contribution in [2.75, 3.05) is 5.32 Å². The summed E-state index contributed by atoms with van der Waals surface area (Å²) in [5.41, 5.74) is 4.21. The number of nitrogens with one attached hydrogen (secondary N) is 1. The third-order valence-electron chi connectivity index (χ3n) is 5.93. The highest BCUT2D eigenvalue weighted by Gasteiger charge is 2.35. The number of pyridine rings is 1. The smallest absolute Gasteiger partial charge is 0.248 e. The standard InChI is InChI=1S/C23H26F2N4/c1-4-21-20(14-27-29(21)3)17-5-6-18-13-26-22(12-19(18)11-17)28-15(2)16-7-9-23(24,25)10-8-16/h5-6,11-14,16H,2,4,7-10H2,1,3H3,(H,26,28). The van der Waals surface area contributed by atoms with Crippen molar-refractivity contribution < 1.29 is 8.78 Å². The van der Waals surface area contributed by atoms with Gasteiger partial charge in [0.15, 0.2) is 0 Å². The zero-order valence-corrected chi connectivity index (χ0v) is 16.9. The summed E-state index contributed by atoms with van der Waals surface area (Å²) in [4.78, 5) is 4.47. The highest BCUT2D eigenvalue weighted by atomic mass is 19.3. The van der Waals surface area contributed by atoms with Crippen LogP contribution in [0, 0.1) is 5.92 Å². The molecule has 0 saturated heterocycles. The largest absolute Gasteiger partial charge is 0.344 e. The van der Waals surface area contributed by atoms with Crippen molar-refractivity contribution in [3.8, 4) is 11.1 Å². The summed E-state index contributed by atoms with van der Waals surface area (Å²) in [6.07, 6.45) is 5.41. The van der Waals surface area contributed by atoms with Crippen LogP contribution in [0.25, 0.3) is 21.9 Å². The molecule has 0 unspecified atom stereocenters. The maximum Gasteiger partial charge on any atom is 0.248 e. The minimum atomic E-state index is -2.53. The number of aromatic nitrogens is 3. The van der Waals surface area contributed by atoms with E-state index in [1.807, 2.05) is 30.2 Å². The summed E-state index contributed by atoms with van der Waals surface area (Å²) in [6, 6.07) is 8.28. The zero-order chi connectivity index (χ0) is 20.6. The van der Waals surface area contributed by atoms with Crippen LogP contribution in [-0.4, -0.2) is 20.7 Å². The predicted octanol–water partition coefficient (Wildman–Crippen LogP) is 5.95. The Morgan fingerprint density at radius 3 is 2.69 bits per heavy atom. The van der Waals surface area contributed by atoms with Crippen molar-refractivity contribution in [3.05, 3.63) is 54.6 Å². The molecule has 2 aromatic heterocycles. The van der Waals surface area contributed by atoms with Gasteiger partial charge in [-0.25, -0.2) is 13.8 Å². The first-order valence-corrected chi connectivity index (χ1v) is 10.1. The van der Waals surface area contributed by atoms with Gasteiger partial charge in [-0.3, -0.25) is 4.68 Å². The molecule has 0 radical (unpaired) electrons. The van der Waals surface area contributed by atoms with Gasteiger partial charge in [0, 0.05) is 48.4 Å². The monoisotopic (exact) mass is 396 g/mol. The third-order valence-corrected chi connectivity index (χ3v) is 5.93. The van der Waals surface area contributed by atoms with Crippen LogP contribution in [0.1, 0.15) is 38.3 Å². The molecule has 152 valence electrons. The van der Waals surface area contributed by atoms with Gasteiger partial charge in [0.2, 0.25) is 5.92 Å². The molecule has 4 rings (SSSR count). The van der Waals surface area contributed by atoms with Crippen molar-refractivity contribution >= 4 is 16.6 Å². The van der Waals surface area contributed by atoms with E-state index in [1.165, 1.54) is 5.69 Å². The Morgan fingerprint density at radius 1 is 1.21 bits per heavy atom. The van der Waals surface area contributed by atoms with Gasteiger partial charge in [-0.1, -0.05) is 25.6 Å². The molecule has 4 nitrogen and oxygen atoms in total. The van der Waals surface area contributed by atoms with Gasteiger partial charge in [0.05, 0.1) is 6.20 Å². The molecule has 3 aromatic rings. The number of allylic oxidation sites excluding steroid dienone is 1. The third kappa shape index (κ3) is 4.02. The van der Waals surface area contributed by atoms with Crippen LogP contribution in [0.4, 0.5) is 14.6 Å². The zero-order valence-electron chi connectivity index (χ0n) is 16.9. The Bertz CT molecular complexity index is 1040. The first kappa shape index (κ1) is 19.6. The molecule has 0 aliphatic heterocycles. The Hall–Kier alpha value is -2.76. The van der Waals surface area contributed by atoms with Crippen LogP contribution in [0.5, 0.6) is 0 Å². The summed E-state index contributed by atoms with van der Waals surface area (Å²) >= 11 is 0. The van der Waals surface area contributed by atoms with E-state index in [-0.39, 0.29) is 18.8 Å². The van der Waals surface area contributed by atoms with Gasteiger partial charge >= 0.3 is 0 Å². The minimum absolute atomic E-state index is 0.0564. The molecule has 1 N–H and O–H groups in total. The van der Waals surface area contributed by atoms with Crippen molar-refractivity contribution in [1.82, 2.24) is 14.8 Å². The molecule has 0 bridgehead atoms. The van der Waals surface area contributed by atoms with E-state index >= 15 is 0 Å². The lowest BCUT2D eigenvalue weighted by Gasteiger charge is -2.29. The normalized spacial score (nSPS) is 16.8. The van der Waals surface area contributed by atoms with Gasteiger partial charge in [-0.2, -0.15) is 5.10 Å². The predicted molar refractivity (Wildman–Crippen MR) is 113 cm³/mol. The molecule has 1 aliphatic rings. The molecule has 0 amide bonds. The molecule has 1 aromatic carbocycles. The topological polar surface area (TPSA) is 42.7 Å². The number of aryl methyl sites for hydroxylation is 1. The van der Waals surface area contributed by atoms with Crippen molar-refractivity contribution in [1.29, 1.82) is 0 Å². The molecule has 6 heteroatoms. The number of alkyl halides is 2. The first-order valence-electron chi connectivity index (χ1n) is 10.1. The lowest BCUT2D eigenvalue weighted by atomic mass is 9.85. The van der Waals surface area contributed by atoms with E-state index in [1.54, 1.807) is 0 Å². The van der Waals surface area contributed by atoms with E-state index < -0.39 is 5.92 Å². The number of nitrogens with zero attached hydrogens (tertiary/aromatic N) is 3. The molecule has 1 aliphatic carbocycles. The molecular formula is C23H26F2N4. The average Bonchev–Trinajstić information content (AvgIpc) is 3.07. The number of fused-ring (bicyclic) bond motifs is 1. The number of hydrogen-bond acceptors (Lipinski definition) is 3. The second-order valence-corrected chi connectivity index (χ2v) is 7.89. The van der Waals surface area contributed by atoms with Gasteiger partial charge < -0.3 is 5.32 Å². The number of rotatable bonds is 5. The first-order chi connectivity index (χ1) is 13.9. The van der Waals surface area contributed by atoms with Crippen LogP contribution in [0.3, 0.4) is 0 Å². The van der Waals surface area contributed by atoms with Crippen molar-refractivity contribution in [2.45, 2.75) is 45.0 Å². The summed E-state index contributed by atoms with van der Waals surface area (Å²) in [5.74, 6) is -1.78. The summed E-state index contributed by atoms with van der Waals surface area (Å²) < 4.78 is 28.7. The minimum Gasteiger partial charge on any atom is -0.344 e. The average molecular weight is 396 g/mol. The Balaban J connectivity index is 1.56. The van der Waals surface area contributed by atoms with Crippen LogP contribution < -0.4 is 5.32 Å². The number of anilines is 1. The second kappa shape index (κ2) is 7.58. The SMILES string of the molecule is C=C(Nc1cc2cc(-c3cnn(C)c3CC)ccc2cn1)C1CCC(F)(F)CC1. The van der Waals surface area contributed by atoms with Crippen LogP contribution in [-0.2, 0) is 13.5 Å². The van der Waals surface area contributed by atoms with Crippen molar-refractivity contribution in [3.63, 3.8) is 0 Å². The fraction of sp³-hybridized carbons (Fsp3) is 0.391. The van der Waals surface area contributed by atoms with E-state index in [2.05, 4.69) is 47.1 Å². The molecule has 1 saturated carbocycles. The van der Waals surface area contributed by atoms with Crippen LogP contribution >= 0.6 is 0 Å². The van der Waals surface area contributed by atoms with Gasteiger partial charge in [0.1, 0.15) is 5.82 Å². The second-order valence-electron chi connectivity index (χ2n) is 7.89. The molecule has 2 heterocycles. The number of halogens is 2. The molecule has 0 atom stereocenters. The Kier molecular flexibility index (Phi) is 5.11. The van der Waals surface area contributed by atoms with E-state index in [4.69, 9.17) is 0 Å². The Morgan fingerprint density at radius 2 is 1.97 bits per heavy atom. The highest BCUT2D eigenvalue weighted by molar-refractivity contribution is 5.88. The van der Waals surface area contributed by atoms with Crippen LogP contribution in [0.15, 0.2) is 48.9 Å². The van der Waals surface area contributed by atoms with E-state index in [0.717, 1.165) is 34.0 Å². The van der Waals surface area contributed by atoms with E-state index in [0.29, 0.717) is 18.7 Å². The lowest BCUT2D eigenvalue weighted by Crippen LogP contribution is -2.26. The number of benzene rings is 1. The summed E-state index contributed by atoms with van der Waals surface area (Å²) in [7, 11) is 1.96. The fourth-order valence-electron chi connectivity index (χ4n) is 4.16. The maximum atomic E-state index is 13.4. The van der Waals surface area contributed by atoms with Crippen LogP contribution in [0.2, 0.25) is 0 Å². The summed E-state index contributed by atoms with van der Waals surface area (Å²) in [6.45, 7) is 6.21.